The molecule has 1 aromatic heterocycles. The molecule has 1 N–H and O–H groups in total. The Morgan fingerprint density at radius 1 is 1.21 bits per heavy atom. The number of ether oxygens (including phenoxy) is 2. The molecule has 0 aliphatic rings. The fraction of sp³-hybridized carbons (Fsp3) is 0.333. The maximum Gasteiger partial charge on any atom is 0.343 e. The fourth-order valence-corrected chi connectivity index (χ4v) is 2.54. The Labute approximate surface area is 169 Å². The first-order chi connectivity index (χ1) is 13.9. The van der Waals surface area contributed by atoms with Gasteiger partial charge in [0.15, 0.2) is 5.71 Å². The lowest BCUT2D eigenvalue weighted by Crippen LogP contribution is -2.29. The maximum absolute atomic E-state index is 12.4. The zero-order valence-corrected chi connectivity index (χ0v) is 17.2. The summed E-state index contributed by atoms with van der Waals surface area (Å²) in [5.41, 5.74) is 2.39. The summed E-state index contributed by atoms with van der Waals surface area (Å²) >= 11 is 0. The minimum Gasteiger partial charge on any atom is -0.472 e. The molecule has 8 heteroatoms. The fourth-order valence-electron chi connectivity index (χ4n) is 2.54. The van der Waals surface area contributed by atoms with Crippen LogP contribution in [0.1, 0.15) is 40.9 Å². The summed E-state index contributed by atoms with van der Waals surface area (Å²) in [5.74, 6) is -0.748. The van der Waals surface area contributed by atoms with E-state index in [1.165, 1.54) is 14.2 Å². The van der Waals surface area contributed by atoms with Crippen LogP contribution in [0.4, 0.5) is 0 Å². The summed E-state index contributed by atoms with van der Waals surface area (Å²) in [7, 11) is 2.88. The number of aromatic nitrogens is 1. The molecule has 1 aromatic carbocycles. The van der Waals surface area contributed by atoms with Gasteiger partial charge < -0.3 is 19.6 Å². The molecule has 1 amide bonds. The average Bonchev–Trinajstić information content (AvgIpc) is 2.70. The van der Waals surface area contributed by atoms with Crippen LogP contribution in [-0.4, -0.2) is 42.8 Å². The number of benzene rings is 1. The molecular formula is C21H25N3O5. The van der Waals surface area contributed by atoms with E-state index in [2.05, 4.69) is 15.5 Å². The molecule has 154 valence electrons. The quantitative estimate of drug-likeness (QED) is 0.416. The molecule has 0 saturated heterocycles. The van der Waals surface area contributed by atoms with Crippen LogP contribution < -0.4 is 10.1 Å². The van der Waals surface area contributed by atoms with Gasteiger partial charge in [0.05, 0.1) is 6.10 Å². The van der Waals surface area contributed by atoms with E-state index in [0.717, 1.165) is 5.56 Å². The van der Waals surface area contributed by atoms with Gasteiger partial charge in [-0.2, -0.15) is 0 Å². The lowest BCUT2D eigenvalue weighted by Gasteiger charge is -2.14. The zero-order chi connectivity index (χ0) is 21.4. The molecule has 0 aliphatic heterocycles. The van der Waals surface area contributed by atoms with Crippen molar-refractivity contribution < 1.29 is 23.9 Å². The largest absolute Gasteiger partial charge is 0.472 e. The van der Waals surface area contributed by atoms with Crippen molar-refractivity contribution in [3.63, 3.8) is 0 Å². The molecule has 0 bridgehead atoms. The number of oxime groups is 1. The smallest absolute Gasteiger partial charge is 0.343 e. The van der Waals surface area contributed by atoms with Gasteiger partial charge in [0.25, 0.3) is 5.91 Å². The van der Waals surface area contributed by atoms with Gasteiger partial charge >= 0.3 is 5.97 Å². The van der Waals surface area contributed by atoms with Gasteiger partial charge in [0.1, 0.15) is 19.3 Å². The van der Waals surface area contributed by atoms with Crippen LogP contribution in [0.5, 0.6) is 5.88 Å². The molecule has 0 unspecified atom stereocenters. The summed E-state index contributed by atoms with van der Waals surface area (Å²) in [6, 6.07) is 8.79. The van der Waals surface area contributed by atoms with Crippen LogP contribution >= 0.6 is 0 Å². The second-order valence-corrected chi connectivity index (χ2v) is 6.47. The predicted molar refractivity (Wildman–Crippen MR) is 108 cm³/mol. The summed E-state index contributed by atoms with van der Waals surface area (Å²) < 4.78 is 11.1. The van der Waals surface area contributed by atoms with Crippen molar-refractivity contribution in [2.45, 2.75) is 33.5 Å². The number of carbonyl (C=O) groups excluding carboxylic acids is 2. The lowest BCUT2D eigenvalue weighted by atomic mass is 10.0. The van der Waals surface area contributed by atoms with Gasteiger partial charge in [0.2, 0.25) is 5.88 Å². The van der Waals surface area contributed by atoms with Crippen molar-refractivity contribution in [2.75, 3.05) is 14.2 Å². The third-order valence-electron chi connectivity index (χ3n) is 3.81. The SMILES string of the molecule is CNC(=O)/C(=N/OC)c1ccccc1COc1ncc(C)cc1C(=O)OC(C)C. The second-order valence-electron chi connectivity index (χ2n) is 6.47. The van der Waals surface area contributed by atoms with Gasteiger partial charge in [-0.05, 0) is 38.0 Å². The van der Waals surface area contributed by atoms with Crippen LogP contribution in [0.2, 0.25) is 0 Å². The topological polar surface area (TPSA) is 99.1 Å². The Bertz CT molecular complexity index is 909. The van der Waals surface area contributed by atoms with Crippen molar-refractivity contribution in [3.05, 3.63) is 58.8 Å². The molecular weight excluding hydrogens is 374 g/mol. The lowest BCUT2D eigenvalue weighted by molar-refractivity contribution is -0.114. The predicted octanol–water partition coefficient (Wildman–Crippen LogP) is 2.63. The van der Waals surface area contributed by atoms with Crippen molar-refractivity contribution in [1.29, 1.82) is 0 Å². The normalized spacial score (nSPS) is 11.2. The molecule has 2 aromatic rings. The minimum absolute atomic E-state index is 0.0634. The standard InChI is InChI=1S/C21H25N3O5/c1-13(2)29-21(26)17-10-14(3)11-23-20(17)28-12-15-8-6-7-9-16(15)18(24-27-5)19(25)22-4/h6-11,13H,12H2,1-5H3,(H,22,25)/b24-18+. The number of amides is 1. The Morgan fingerprint density at radius 3 is 2.59 bits per heavy atom. The van der Waals surface area contributed by atoms with Crippen LogP contribution in [0.15, 0.2) is 41.7 Å². The number of nitrogens with one attached hydrogen (secondary N) is 1. The van der Waals surface area contributed by atoms with Crippen molar-refractivity contribution in [3.8, 4) is 5.88 Å². The molecule has 0 radical (unpaired) electrons. The Hall–Kier alpha value is -3.42. The second kappa shape index (κ2) is 10.2. The van der Waals surface area contributed by atoms with Crippen LogP contribution in [0.25, 0.3) is 0 Å². The molecule has 8 nitrogen and oxygen atoms in total. The highest BCUT2D eigenvalue weighted by Gasteiger charge is 2.20. The summed E-state index contributed by atoms with van der Waals surface area (Å²) in [6.07, 6.45) is 1.34. The van der Waals surface area contributed by atoms with E-state index >= 15 is 0 Å². The third kappa shape index (κ3) is 5.78. The number of aryl methyl sites for hydroxylation is 1. The highest BCUT2D eigenvalue weighted by molar-refractivity contribution is 6.45. The first-order valence-corrected chi connectivity index (χ1v) is 9.09. The number of nitrogens with zero attached hydrogens (tertiary/aromatic N) is 2. The monoisotopic (exact) mass is 399 g/mol. The average molecular weight is 399 g/mol. The molecule has 0 aliphatic carbocycles. The highest BCUT2D eigenvalue weighted by atomic mass is 16.6. The van der Waals surface area contributed by atoms with E-state index in [0.29, 0.717) is 11.1 Å². The summed E-state index contributed by atoms with van der Waals surface area (Å²) in [6.45, 7) is 5.43. The Kier molecular flexibility index (Phi) is 7.70. The number of hydrogen-bond donors (Lipinski definition) is 1. The summed E-state index contributed by atoms with van der Waals surface area (Å²) in [5, 5.41) is 6.36. The van der Waals surface area contributed by atoms with Crippen LogP contribution in [0.3, 0.4) is 0 Å². The number of rotatable bonds is 8. The molecule has 0 fully saturated rings. The van der Waals surface area contributed by atoms with Gasteiger partial charge in [-0.1, -0.05) is 29.4 Å². The zero-order valence-electron chi connectivity index (χ0n) is 17.2. The van der Waals surface area contributed by atoms with E-state index in [1.54, 1.807) is 44.3 Å². The van der Waals surface area contributed by atoms with E-state index in [9.17, 15) is 9.59 Å². The number of hydrogen-bond acceptors (Lipinski definition) is 7. The van der Waals surface area contributed by atoms with Gasteiger partial charge in [-0.3, -0.25) is 4.79 Å². The Morgan fingerprint density at radius 2 is 1.93 bits per heavy atom. The molecule has 29 heavy (non-hydrogen) atoms. The van der Waals surface area contributed by atoms with E-state index in [4.69, 9.17) is 14.3 Å². The molecule has 0 atom stereocenters. The van der Waals surface area contributed by atoms with E-state index in [1.807, 2.05) is 13.0 Å². The van der Waals surface area contributed by atoms with Gasteiger partial charge in [-0.25, -0.2) is 9.78 Å². The molecule has 0 spiro atoms. The number of carbonyl (C=O) groups is 2. The van der Waals surface area contributed by atoms with E-state index < -0.39 is 11.9 Å². The van der Waals surface area contributed by atoms with Crippen LogP contribution in [0, 0.1) is 6.92 Å². The van der Waals surface area contributed by atoms with Gasteiger partial charge in [-0.15, -0.1) is 0 Å². The number of likely N-dealkylation sites (N-methyl/N-ethyl adjacent to an activating group) is 1. The maximum atomic E-state index is 12.4. The first kappa shape index (κ1) is 21.9. The summed E-state index contributed by atoms with van der Waals surface area (Å²) in [4.78, 5) is 33.6. The van der Waals surface area contributed by atoms with Crippen molar-refractivity contribution in [1.82, 2.24) is 10.3 Å². The molecule has 0 saturated carbocycles. The van der Waals surface area contributed by atoms with Crippen molar-refractivity contribution >= 4 is 17.6 Å². The van der Waals surface area contributed by atoms with Crippen LogP contribution in [-0.2, 0) is 21.0 Å². The Balaban J connectivity index is 2.33. The number of pyridine rings is 1. The number of esters is 1. The third-order valence-corrected chi connectivity index (χ3v) is 3.81. The van der Waals surface area contributed by atoms with Gasteiger partial charge in [0, 0.05) is 18.8 Å². The van der Waals surface area contributed by atoms with Crippen molar-refractivity contribution in [2.24, 2.45) is 5.16 Å². The first-order valence-electron chi connectivity index (χ1n) is 9.09. The highest BCUT2D eigenvalue weighted by Crippen LogP contribution is 2.21. The minimum atomic E-state index is -0.508. The molecule has 2 rings (SSSR count). The van der Waals surface area contributed by atoms with E-state index in [-0.39, 0.29) is 29.9 Å². The molecule has 1 heterocycles.